The zero-order valence-corrected chi connectivity index (χ0v) is 13.3. The zero-order valence-electron chi connectivity index (χ0n) is 13.3. The molecule has 20 heavy (non-hydrogen) atoms. The van der Waals surface area contributed by atoms with E-state index >= 15 is 0 Å². The molecule has 0 aromatic rings. The Morgan fingerprint density at radius 3 is 2.05 bits per heavy atom. The van der Waals surface area contributed by atoms with E-state index in [0.29, 0.717) is 6.61 Å². The Labute approximate surface area is 123 Å². The van der Waals surface area contributed by atoms with Crippen LogP contribution in [0.25, 0.3) is 0 Å². The second kappa shape index (κ2) is 12.9. The van der Waals surface area contributed by atoms with Gasteiger partial charge in [-0.1, -0.05) is 39.5 Å². The number of hydrogen-bond donors (Lipinski definition) is 0. The van der Waals surface area contributed by atoms with E-state index < -0.39 is 0 Å². The lowest BCUT2D eigenvalue weighted by atomic mass is 10.1. The van der Waals surface area contributed by atoms with E-state index in [0.717, 1.165) is 38.5 Å². The molecule has 118 valence electrons. The van der Waals surface area contributed by atoms with E-state index in [1.807, 2.05) is 0 Å². The number of hydrogen-bond acceptors (Lipinski definition) is 4. The number of unbranched alkanes of at least 4 members (excludes halogenated alkanes) is 3. The highest BCUT2D eigenvalue weighted by atomic mass is 16.5. The first-order chi connectivity index (χ1) is 9.63. The number of ether oxygens (including phenoxy) is 2. The number of carbonyl (C=O) groups excluding carboxylic acids is 2. The van der Waals surface area contributed by atoms with Gasteiger partial charge in [-0.2, -0.15) is 0 Å². The van der Waals surface area contributed by atoms with Crippen molar-refractivity contribution >= 4 is 11.9 Å². The van der Waals surface area contributed by atoms with Crippen molar-refractivity contribution in [3.63, 3.8) is 0 Å². The molecule has 0 fully saturated rings. The smallest absolute Gasteiger partial charge is 0.306 e. The average Bonchev–Trinajstić information content (AvgIpc) is 2.43. The summed E-state index contributed by atoms with van der Waals surface area (Å²) in [5.41, 5.74) is 0. The van der Waals surface area contributed by atoms with Crippen LogP contribution in [0.5, 0.6) is 0 Å². The molecule has 0 spiro atoms. The van der Waals surface area contributed by atoms with Crippen molar-refractivity contribution in [1.82, 2.24) is 0 Å². The van der Waals surface area contributed by atoms with Gasteiger partial charge in [0.1, 0.15) is 6.10 Å². The summed E-state index contributed by atoms with van der Waals surface area (Å²) in [6.07, 6.45) is 7.70. The predicted octanol–water partition coefficient (Wildman–Crippen LogP) is 4.01. The summed E-state index contributed by atoms with van der Waals surface area (Å²) >= 11 is 0. The molecule has 0 amide bonds. The molecule has 0 aliphatic heterocycles. The Bertz CT molecular complexity index is 263. The molecule has 0 aliphatic carbocycles. The van der Waals surface area contributed by atoms with E-state index in [2.05, 4.69) is 13.8 Å². The van der Waals surface area contributed by atoms with Crippen LogP contribution in [-0.4, -0.2) is 24.6 Å². The molecule has 0 aromatic heterocycles. The molecule has 1 atom stereocenters. The molecule has 4 heteroatoms. The summed E-state index contributed by atoms with van der Waals surface area (Å²) in [6.45, 7) is 6.40. The Kier molecular flexibility index (Phi) is 12.3. The summed E-state index contributed by atoms with van der Waals surface area (Å²) in [4.78, 5) is 22.9. The summed E-state index contributed by atoms with van der Waals surface area (Å²) in [5.74, 6) is -0.615. The minimum absolute atomic E-state index is 0.0104. The Hall–Kier alpha value is -1.06. The third-order valence-electron chi connectivity index (χ3n) is 3.15. The SMILES string of the molecule is CCCCCC(CCCC)OC(=O)CCC(=O)OCC. The number of esters is 2. The number of rotatable bonds is 12. The monoisotopic (exact) mass is 286 g/mol. The zero-order chi connectivity index (χ0) is 15.2. The van der Waals surface area contributed by atoms with Gasteiger partial charge in [-0.05, 0) is 26.2 Å². The van der Waals surface area contributed by atoms with Crippen molar-refractivity contribution in [2.45, 2.75) is 84.7 Å². The van der Waals surface area contributed by atoms with Crippen molar-refractivity contribution in [3.05, 3.63) is 0 Å². The van der Waals surface area contributed by atoms with Crippen LogP contribution in [-0.2, 0) is 19.1 Å². The van der Waals surface area contributed by atoms with Gasteiger partial charge in [0.15, 0.2) is 0 Å². The van der Waals surface area contributed by atoms with Crippen LogP contribution in [0.3, 0.4) is 0 Å². The molecule has 0 saturated carbocycles. The first kappa shape index (κ1) is 18.9. The van der Waals surface area contributed by atoms with Crippen molar-refractivity contribution in [2.24, 2.45) is 0 Å². The minimum Gasteiger partial charge on any atom is -0.466 e. The van der Waals surface area contributed by atoms with Crippen molar-refractivity contribution in [3.8, 4) is 0 Å². The van der Waals surface area contributed by atoms with Crippen LogP contribution in [0.2, 0.25) is 0 Å². The third-order valence-corrected chi connectivity index (χ3v) is 3.15. The van der Waals surface area contributed by atoms with Gasteiger partial charge in [0, 0.05) is 0 Å². The maximum atomic E-state index is 11.7. The topological polar surface area (TPSA) is 52.6 Å². The van der Waals surface area contributed by atoms with E-state index in [4.69, 9.17) is 9.47 Å². The highest BCUT2D eigenvalue weighted by molar-refractivity contribution is 5.77. The van der Waals surface area contributed by atoms with Gasteiger partial charge in [-0.3, -0.25) is 9.59 Å². The second-order valence-corrected chi connectivity index (χ2v) is 5.05. The molecule has 0 N–H and O–H groups in total. The molecular formula is C16H30O4. The Balaban J connectivity index is 3.99. The van der Waals surface area contributed by atoms with Gasteiger partial charge in [0.05, 0.1) is 19.4 Å². The van der Waals surface area contributed by atoms with Crippen LogP contribution in [0.1, 0.15) is 78.6 Å². The fraction of sp³-hybridized carbons (Fsp3) is 0.875. The van der Waals surface area contributed by atoms with Crippen molar-refractivity contribution in [1.29, 1.82) is 0 Å². The van der Waals surface area contributed by atoms with Gasteiger partial charge in [-0.15, -0.1) is 0 Å². The van der Waals surface area contributed by atoms with Crippen molar-refractivity contribution in [2.75, 3.05) is 6.61 Å². The lowest BCUT2D eigenvalue weighted by Crippen LogP contribution is -2.19. The summed E-state index contributed by atoms with van der Waals surface area (Å²) in [7, 11) is 0. The molecule has 1 unspecified atom stereocenters. The van der Waals surface area contributed by atoms with E-state index in [1.54, 1.807) is 6.92 Å². The van der Waals surface area contributed by atoms with Crippen LogP contribution < -0.4 is 0 Å². The van der Waals surface area contributed by atoms with Gasteiger partial charge < -0.3 is 9.47 Å². The number of carbonyl (C=O) groups is 2. The van der Waals surface area contributed by atoms with Crippen LogP contribution >= 0.6 is 0 Å². The third kappa shape index (κ3) is 10.8. The summed E-state index contributed by atoms with van der Waals surface area (Å²) in [6, 6.07) is 0. The summed E-state index contributed by atoms with van der Waals surface area (Å²) < 4.78 is 10.3. The van der Waals surface area contributed by atoms with E-state index in [9.17, 15) is 9.59 Å². The molecule has 0 aliphatic rings. The molecule has 4 nitrogen and oxygen atoms in total. The summed E-state index contributed by atoms with van der Waals surface area (Å²) in [5, 5.41) is 0. The largest absolute Gasteiger partial charge is 0.466 e. The standard InChI is InChI=1S/C16H30O4/c1-4-7-9-11-14(10-8-5-2)20-16(18)13-12-15(17)19-6-3/h14H,4-13H2,1-3H3. The molecule has 0 bridgehead atoms. The van der Waals surface area contributed by atoms with Crippen LogP contribution in [0, 0.1) is 0 Å². The van der Waals surface area contributed by atoms with E-state index in [-0.39, 0.29) is 30.9 Å². The average molecular weight is 286 g/mol. The lowest BCUT2D eigenvalue weighted by Gasteiger charge is -2.17. The molecule has 0 aromatic carbocycles. The fourth-order valence-electron chi connectivity index (χ4n) is 2.00. The fourth-order valence-corrected chi connectivity index (χ4v) is 2.00. The quantitative estimate of drug-likeness (QED) is 0.402. The first-order valence-corrected chi connectivity index (χ1v) is 7.99. The van der Waals surface area contributed by atoms with Gasteiger partial charge in [0.25, 0.3) is 0 Å². The van der Waals surface area contributed by atoms with E-state index in [1.165, 1.54) is 6.42 Å². The van der Waals surface area contributed by atoms with Gasteiger partial charge in [-0.25, -0.2) is 0 Å². The molecule has 0 saturated heterocycles. The lowest BCUT2D eigenvalue weighted by molar-refractivity contribution is -0.154. The van der Waals surface area contributed by atoms with Crippen molar-refractivity contribution < 1.29 is 19.1 Å². The van der Waals surface area contributed by atoms with Gasteiger partial charge >= 0.3 is 11.9 Å². The maximum Gasteiger partial charge on any atom is 0.306 e. The Morgan fingerprint density at radius 1 is 0.850 bits per heavy atom. The molecular weight excluding hydrogens is 256 g/mol. The Morgan fingerprint density at radius 2 is 1.45 bits per heavy atom. The van der Waals surface area contributed by atoms with Crippen LogP contribution in [0.15, 0.2) is 0 Å². The second-order valence-electron chi connectivity index (χ2n) is 5.05. The normalized spacial score (nSPS) is 11.9. The first-order valence-electron chi connectivity index (χ1n) is 7.99. The molecule has 0 rings (SSSR count). The highest BCUT2D eigenvalue weighted by Gasteiger charge is 2.15. The minimum atomic E-state index is -0.333. The molecule has 0 radical (unpaired) electrons. The van der Waals surface area contributed by atoms with Gasteiger partial charge in [0.2, 0.25) is 0 Å². The molecule has 0 heterocycles. The highest BCUT2D eigenvalue weighted by Crippen LogP contribution is 2.14. The van der Waals surface area contributed by atoms with Crippen LogP contribution in [0.4, 0.5) is 0 Å². The predicted molar refractivity (Wildman–Crippen MR) is 79.4 cm³/mol. The maximum absolute atomic E-state index is 11.7.